The molecule has 0 aromatic heterocycles. The van der Waals surface area contributed by atoms with Crippen molar-refractivity contribution in [1.82, 2.24) is 0 Å². The van der Waals surface area contributed by atoms with Crippen molar-refractivity contribution >= 4 is 0 Å². The highest BCUT2D eigenvalue weighted by Gasteiger charge is 2.18. The molecule has 1 aliphatic rings. The summed E-state index contributed by atoms with van der Waals surface area (Å²) >= 11 is 0. The van der Waals surface area contributed by atoms with Crippen LogP contribution in [0.15, 0.2) is 36.4 Å². The van der Waals surface area contributed by atoms with Crippen LogP contribution in [-0.4, -0.2) is 7.11 Å². The zero-order valence-electron chi connectivity index (χ0n) is 14.1. The van der Waals surface area contributed by atoms with E-state index < -0.39 is 0 Å². The van der Waals surface area contributed by atoms with Crippen LogP contribution in [0, 0.1) is 0 Å². The molecule has 0 radical (unpaired) electrons. The summed E-state index contributed by atoms with van der Waals surface area (Å²) < 4.78 is 5.26. The summed E-state index contributed by atoms with van der Waals surface area (Å²) in [5.74, 6) is 2.04. The van der Waals surface area contributed by atoms with Gasteiger partial charge in [-0.15, -0.1) is 0 Å². The number of ether oxygens (including phenoxy) is 1. The van der Waals surface area contributed by atoms with E-state index >= 15 is 0 Å². The van der Waals surface area contributed by atoms with Crippen LogP contribution in [0.5, 0.6) is 11.5 Å². The molecule has 0 aliphatic carbocycles. The first-order chi connectivity index (χ1) is 11.2. The van der Waals surface area contributed by atoms with Crippen LogP contribution in [0.25, 0.3) is 11.1 Å². The van der Waals surface area contributed by atoms with Gasteiger partial charge in [-0.05, 0) is 41.2 Å². The first kappa shape index (κ1) is 15.9. The Kier molecular flexibility index (Phi) is 4.87. The highest BCUT2D eigenvalue weighted by Crippen LogP contribution is 2.39. The lowest BCUT2D eigenvalue weighted by atomic mass is 9.90. The summed E-state index contributed by atoms with van der Waals surface area (Å²) in [6, 6.07) is 12.5. The standard InChI is InChI=1S/C20H24O3/c1-4-5-6-14(2)15-7-9-18-16(11-15)13-22-23-20-12-17(21-3)8-10-19(18)20/h7-12,14H,4-6,13H2,1-3H3. The van der Waals surface area contributed by atoms with Gasteiger partial charge in [0, 0.05) is 11.6 Å². The molecule has 0 fully saturated rings. The second-order valence-corrected chi connectivity index (χ2v) is 6.17. The van der Waals surface area contributed by atoms with Gasteiger partial charge in [0.2, 0.25) is 0 Å². The molecule has 122 valence electrons. The van der Waals surface area contributed by atoms with Crippen molar-refractivity contribution in [2.75, 3.05) is 7.11 Å². The topological polar surface area (TPSA) is 27.7 Å². The zero-order chi connectivity index (χ0) is 16.2. The second-order valence-electron chi connectivity index (χ2n) is 6.17. The fraction of sp³-hybridized carbons (Fsp3) is 0.400. The quantitative estimate of drug-likeness (QED) is 0.684. The first-order valence-electron chi connectivity index (χ1n) is 8.33. The number of unbranched alkanes of at least 4 members (excludes halogenated alkanes) is 1. The summed E-state index contributed by atoms with van der Waals surface area (Å²) in [4.78, 5) is 10.9. The lowest BCUT2D eigenvalue weighted by Crippen LogP contribution is -1.98. The van der Waals surface area contributed by atoms with E-state index in [0.29, 0.717) is 18.3 Å². The maximum absolute atomic E-state index is 5.46. The molecule has 3 rings (SSSR count). The molecule has 1 unspecified atom stereocenters. The van der Waals surface area contributed by atoms with Crippen molar-refractivity contribution in [2.45, 2.75) is 45.6 Å². The van der Waals surface area contributed by atoms with Crippen LogP contribution in [0.4, 0.5) is 0 Å². The molecule has 1 atom stereocenters. The molecule has 2 aromatic carbocycles. The van der Waals surface area contributed by atoms with Gasteiger partial charge in [0.05, 0.1) is 7.11 Å². The van der Waals surface area contributed by atoms with Gasteiger partial charge in [0.1, 0.15) is 12.4 Å². The lowest BCUT2D eigenvalue weighted by molar-refractivity contribution is -0.215. The van der Waals surface area contributed by atoms with Crippen LogP contribution in [0.2, 0.25) is 0 Å². The van der Waals surface area contributed by atoms with Gasteiger partial charge in [-0.2, -0.15) is 4.89 Å². The highest BCUT2D eigenvalue weighted by atomic mass is 17.2. The van der Waals surface area contributed by atoms with Crippen LogP contribution >= 0.6 is 0 Å². The van der Waals surface area contributed by atoms with Gasteiger partial charge in [0.15, 0.2) is 5.75 Å². The number of benzene rings is 2. The van der Waals surface area contributed by atoms with Crippen molar-refractivity contribution in [3.05, 3.63) is 47.5 Å². The van der Waals surface area contributed by atoms with E-state index in [-0.39, 0.29) is 0 Å². The minimum Gasteiger partial charge on any atom is -0.497 e. The Morgan fingerprint density at radius 3 is 2.74 bits per heavy atom. The third kappa shape index (κ3) is 3.35. The van der Waals surface area contributed by atoms with Gasteiger partial charge in [-0.25, -0.2) is 0 Å². The average Bonchev–Trinajstić information content (AvgIpc) is 2.77. The maximum atomic E-state index is 5.46. The summed E-state index contributed by atoms with van der Waals surface area (Å²) in [6.07, 6.45) is 3.72. The molecule has 0 saturated heterocycles. The molecule has 0 saturated carbocycles. The first-order valence-corrected chi connectivity index (χ1v) is 8.33. The molecular weight excluding hydrogens is 288 g/mol. The Hall–Kier alpha value is -2.00. The average molecular weight is 312 g/mol. The third-order valence-electron chi connectivity index (χ3n) is 4.53. The van der Waals surface area contributed by atoms with E-state index in [4.69, 9.17) is 14.5 Å². The predicted octanol–water partition coefficient (Wildman–Crippen LogP) is 5.48. The zero-order valence-corrected chi connectivity index (χ0v) is 14.1. The molecule has 0 spiro atoms. The Labute approximate surface area is 138 Å². The Bertz CT molecular complexity index is 679. The second kappa shape index (κ2) is 7.05. The molecule has 3 heteroatoms. The molecule has 1 aliphatic heterocycles. The molecule has 0 bridgehead atoms. The normalized spacial score (nSPS) is 14.2. The Morgan fingerprint density at radius 1 is 1.13 bits per heavy atom. The van der Waals surface area contributed by atoms with Crippen molar-refractivity contribution in [1.29, 1.82) is 0 Å². The molecule has 3 nitrogen and oxygen atoms in total. The lowest BCUT2D eigenvalue weighted by Gasteiger charge is -2.14. The number of hydrogen-bond acceptors (Lipinski definition) is 3. The summed E-state index contributed by atoms with van der Waals surface area (Å²) in [5, 5.41) is 0. The number of fused-ring (bicyclic) bond motifs is 3. The van der Waals surface area contributed by atoms with E-state index in [9.17, 15) is 0 Å². The maximum Gasteiger partial charge on any atom is 0.176 e. The van der Waals surface area contributed by atoms with Crippen molar-refractivity contribution < 1.29 is 14.5 Å². The Morgan fingerprint density at radius 2 is 1.96 bits per heavy atom. The van der Waals surface area contributed by atoms with Crippen LogP contribution < -0.4 is 9.62 Å². The number of methoxy groups -OCH3 is 1. The molecule has 2 aromatic rings. The molecule has 0 N–H and O–H groups in total. The fourth-order valence-electron chi connectivity index (χ4n) is 3.06. The Balaban J connectivity index is 1.95. The minimum atomic E-state index is 0.459. The van der Waals surface area contributed by atoms with E-state index in [2.05, 4.69) is 32.0 Å². The molecule has 0 amide bonds. The van der Waals surface area contributed by atoms with Gasteiger partial charge in [-0.3, -0.25) is 0 Å². The van der Waals surface area contributed by atoms with E-state index in [0.717, 1.165) is 11.3 Å². The van der Waals surface area contributed by atoms with Gasteiger partial charge < -0.3 is 9.62 Å². The van der Waals surface area contributed by atoms with E-state index in [1.54, 1.807) is 7.11 Å². The SMILES string of the molecule is CCCCC(C)c1ccc2c(c1)COOc1cc(OC)ccc1-2. The van der Waals surface area contributed by atoms with Gasteiger partial charge in [0.25, 0.3) is 0 Å². The van der Waals surface area contributed by atoms with Gasteiger partial charge in [-0.1, -0.05) is 44.9 Å². The van der Waals surface area contributed by atoms with Crippen LogP contribution in [-0.2, 0) is 11.5 Å². The highest BCUT2D eigenvalue weighted by molar-refractivity contribution is 5.75. The molecule has 23 heavy (non-hydrogen) atoms. The summed E-state index contributed by atoms with van der Waals surface area (Å²) in [7, 11) is 1.65. The summed E-state index contributed by atoms with van der Waals surface area (Å²) in [5.41, 5.74) is 4.77. The minimum absolute atomic E-state index is 0.459. The predicted molar refractivity (Wildman–Crippen MR) is 91.8 cm³/mol. The monoisotopic (exact) mass is 312 g/mol. The van der Waals surface area contributed by atoms with Crippen molar-refractivity contribution in [2.24, 2.45) is 0 Å². The van der Waals surface area contributed by atoms with Crippen LogP contribution in [0.1, 0.15) is 50.2 Å². The van der Waals surface area contributed by atoms with Gasteiger partial charge >= 0.3 is 0 Å². The summed E-state index contributed by atoms with van der Waals surface area (Å²) in [6.45, 7) is 4.99. The number of hydrogen-bond donors (Lipinski definition) is 0. The smallest absolute Gasteiger partial charge is 0.176 e. The van der Waals surface area contributed by atoms with E-state index in [1.807, 2.05) is 18.2 Å². The molecule has 1 heterocycles. The van der Waals surface area contributed by atoms with Crippen LogP contribution in [0.3, 0.4) is 0 Å². The number of rotatable bonds is 5. The third-order valence-corrected chi connectivity index (χ3v) is 4.53. The van der Waals surface area contributed by atoms with Crippen molar-refractivity contribution in [3.8, 4) is 22.6 Å². The molecular formula is C20H24O3. The van der Waals surface area contributed by atoms with Crippen molar-refractivity contribution in [3.63, 3.8) is 0 Å². The van der Waals surface area contributed by atoms with E-state index in [1.165, 1.54) is 36.0 Å². The largest absolute Gasteiger partial charge is 0.497 e. The fourth-order valence-corrected chi connectivity index (χ4v) is 3.06.